The summed E-state index contributed by atoms with van der Waals surface area (Å²) in [5.74, 6) is 0.141. The molecule has 0 aliphatic carbocycles. The lowest BCUT2D eigenvalue weighted by Gasteiger charge is -2.35. The van der Waals surface area contributed by atoms with E-state index in [1.165, 1.54) is 4.31 Å². The minimum atomic E-state index is -3.46. The van der Waals surface area contributed by atoms with Crippen molar-refractivity contribution >= 4 is 10.2 Å². The van der Waals surface area contributed by atoms with E-state index in [1.807, 2.05) is 34.6 Å². The molecule has 0 heterocycles. The third-order valence-electron chi connectivity index (χ3n) is 3.35. The quantitative estimate of drug-likeness (QED) is 0.668. The predicted octanol–water partition coefficient (Wildman–Crippen LogP) is 1.32. The van der Waals surface area contributed by atoms with E-state index in [4.69, 9.17) is 5.73 Å². The molecule has 0 saturated carbocycles. The molecule has 0 aromatic carbocycles. The van der Waals surface area contributed by atoms with Gasteiger partial charge >= 0.3 is 0 Å². The van der Waals surface area contributed by atoms with Crippen molar-refractivity contribution in [3.05, 3.63) is 0 Å². The second-order valence-electron chi connectivity index (χ2n) is 5.28. The molecule has 1 unspecified atom stereocenters. The Morgan fingerprint density at radius 2 is 1.67 bits per heavy atom. The molecule has 0 aromatic heterocycles. The average molecular weight is 279 g/mol. The van der Waals surface area contributed by atoms with Crippen LogP contribution >= 0.6 is 0 Å². The molecule has 0 radical (unpaired) electrons. The summed E-state index contributed by atoms with van der Waals surface area (Å²) in [6.45, 7) is 11.1. The van der Waals surface area contributed by atoms with Gasteiger partial charge in [0.1, 0.15) is 0 Å². The van der Waals surface area contributed by atoms with E-state index in [-0.39, 0.29) is 12.5 Å². The average Bonchev–Trinajstić information content (AvgIpc) is 2.27. The van der Waals surface area contributed by atoms with Crippen molar-refractivity contribution in [2.24, 2.45) is 11.7 Å². The Hall–Kier alpha value is -0.170. The molecule has 110 valence electrons. The van der Waals surface area contributed by atoms with E-state index >= 15 is 0 Å². The first-order valence-corrected chi connectivity index (χ1v) is 8.16. The van der Waals surface area contributed by atoms with Crippen LogP contribution in [0.25, 0.3) is 0 Å². The zero-order chi connectivity index (χ0) is 14.4. The second kappa shape index (κ2) is 7.43. The summed E-state index contributed by atoms with van der Waals surface area (Å²) in [6.07, 6.45) is 1.61. The van der Waals surface area contributed by atoms with Crippen molar-refractivity contribution in [2.75, 3.05) is 19.6 Å². The highest BCUT2D eigenvalue weighted by Gasteiger charge is 2.34. The normalized spacial score (nSPS) is 16.2. The van der Waals surface area contributed by atoms with Crippen LogP contribution < -0.4 is 10.5 Å². The van der Waals surface area contributed by atoms with Crippen LogP contribution in [0.4, 0.5) is 0 Å². The van der Waals surface area contributed by atoms with Gasteiger partial charge in [-0.1, -0.05) is 27.7 Å². The fourth-order valence-electron chi connectivity index (χ4n) is 1.61. The predicted molar refractivity (Wildman–Crippen MR) is 76.5 cm³/mol. The lowest BCUT2D eigenvalue weighted by Crippen LogP contribution is -2.58. The summed E-state index contributed by atoms with van der Waals surface area (Å²) in [4.78, 5) is 0. The highest BCUT2D eigenvalue weighted by Crippen LogP contribution is 2.17. The minimum Gasteiger partial charge on any atom is -0.329 e. The van der Waals surface area contributed by atoms with Crippen molar-refractivity contribution in [2.45, 2.75) is 53.0 Å². The number of hydrogen-bond donors (Lipinski definition) is 2. The van der Waals surface area contributed by atoms with Crippen LogP contribution in [0.1, 0.15) is 47.5 Å². The van der Waals surface area contributed by atoms with Crippen LogP contribution in [0, 0.1) is 5.92 Å². The maximum atomic E-state index is 12.3. The summed E-state index contributed by atoms with van der Waals surface area (Å²) >= 11 is 0. The van der Waals surface area contributed by atoms with Crippen LogP contribution in [0.2, 0.25) is 0 Å². The van der Waals surface area contributed by atoms with Crippen molar-refractivity contribution < 1.29 is 8.42 Å². The molecule has 5 nitrogen and oxygen atoms in total. The molecule has 18 heavy (non-hydrogen) atoms. The van der Waals surface area contributed by atoms with Crippen LogP contribution in [0.5, 0.6) is 0 Å². The minimum absolute atomic E-state index is 0.141. The number of nitrogens with one attached hydrogen (secondary N) is 1. The highest BCUT2D eigenvalue weighted by atomic mass is 32.2. The van der Waals surface area contributed by atoms with E-state index in [0.717, 1.165) is 12.8 Å². The molecule has 0 rings (SSSR count). The molecule has 0 saturated heterocycles. The SMILES string of the molecule is CCCN(CCC)S(=O)(=O)NC(C)(CN)C(C)C. The smallest absolute Gasteiger partial charge is 0.279 e. The molecule has 1 atom stereocenters. The number of hydrogen-bond acceptors (Lipinski definition) is 3. The van der Waals surface area contributed by atoms with Gasteiger partial charge in [0.25, 0.3) is 10.2 Å². The summed E-state index contributed by atoms with van der Waals surface area (Å²) in [5.41, 5.74) is 5.12. The van der Waals surface area contributed by atoms with Gasteiger partial charge in [0.05, 0.1) is 0 Å². The molecule has 0 fully saturated rings. The van der Waals surface area contributed by atoms with Gasteiger partial charge in [0.15, 0.2) is 0 Å². The molecule has 0 aromatic rings. The van der Waals surface area contributed by atoms with Gasteiger partial charge in [0, 0.05) is 25.2 Å². The zero-order valence-corrected chi connectivity index (χ0v) is 13.2. The topological polar surface area (TPSA) is 75.4 Å². The first-order chi connectivity index (χ1) is 8.23. The van der Waals surface area contributed by atoms with Crippen LogP contribution in [0.15, 0.2) is 0 Å². The molecule has 0 bridgehead atoms. The summed E-state index contributed by atoms with van der Waals surface area (Å²) < 4.78 is 29.0. The van der Waals surface area contributed by atoms with Gasteiger partial charge < -0.3 is 5.73 Å². The summed E-state index contributed by atoms with van der Waals surface area (Å²) in [6, 6.07) is 0. The molecular formula is C12H29N3O2S. The Bertz CT molecular complexity index is 324. The first kappa shape index (κ1) is 17.8. The van der Waals surface area contributed by atoms with Crippen LogP contribution in [0.3, 0.4) is 0 Å². The lowest BCUT2D eigenvalue weighted by atomic mass is 9.90. The number of nitrogens with zero attached hydrogens (tertiary/aromatic N) is 1. The lowest BCUT2D eigenvalue weighted by molar-refractivity contribution is 0.299. The monoisotopic (exact) mass is 279 g/mol. The Labute approximate surface area is 112 Å². The van der Waals surface area contributed by atoms with E-state index < -0.39 is 15.7 Å². The molecule has 0 spiro atoms. The molecule has 0 amide bonds. The van der Waals surface area contributed by atoms with Crippen molar-refractivity contribution in [3.63, 3.8) is 0 Å². The maximum Gasteiger partial charge on any atom is 0.279 e. The van der Waals surface area contributed by atoms with Crippen molar-refractivity contribution in [1.29, 1.82) is 0 Å². The fourth-order valence-corrected chi connectivity index (χ4v) is 3.49. The molecule has 6 heteroatoms. The third-order valence-corrected chi connectivity index (χ3v) is 5.12. The number of rotatable bonds is 9. The van der Waals surface area contributed by atoms with Gasteiger partial charge in [-0.3, -0.25) is 0 Å². The van der Waals surface area contributed by atoms with Gasteiger partial charge in [-0.15, -0.1) is 0 Å². The van der Waals surface area contributed by atoms with Crippen LogP contribution in [-0.2, 0) is 10.2 Å². The van der Waals surface area contributed by atoms with Gasteiger partial charge in [-0.05, 0) is 25.7 Å². The van der Waals surface area contributed by atoms with E-state index in [2.05, 4.69) is 4.72 Å². The molecule has 3 N–H and O–H groups in total. The molecule has 0 aliphatic heterocycles. The van der Waals surface area contributed by atoms with Gasteiger partial charge in [0.2, 0.25) is 0 Å². The summed E-state index contributed by atoms with van der Waals surface area (Å²) in [5, 5.41) is 0. The Morgan fingerprint density at radius 1 is 1.22 bits per heavy atom. The van der Waals surface area contributed by atoms with Crippen molar-refractivity contribution in [3.8, 4) is 0 Å². The second-order valence-corrected chi connectivity index (χ2v) is 6.95. The Balaban J connectivity index is 5.00. The molecular weight excluding hydrogens is 250 g/mol. The standard InChI is InChI=1S/C12H29N3O2S/c1-6-8-15(9-7-2)18(16,17)14-12(5,10-13)11(3)4/h11,14H,6-10,13H2,1-5H3. The van der Waals surface area contributed by atoms with Crippen LogP contribution in [-0.4, -0.2) is 37.9 Å². The Kier molecular flexibility index (Phi) is 7.36. The summed E-state index contributed by atoms with van der Waals surface area (Å²) in [7, 11) is -3.46. The largest absolute Gasteiger partial charge is 0.329 e. The first-order valence-electron chi connectivity index (χ1n) is 6.72. The Morgan fingerprint density at radius 3 is 1.94 bits per heavy atom. The maximum absolute atomic E-state index is 12.3. The highest BCUT2D eigenvalue weighted by molar-refractivity contribution is 7.87. The molecule has 0 aliphatic rings. The fraction of sp³-hybridized carbons (Fsp3) is 1.00. The van der Waals surface area contributed by atoms with E-state index in [1.54, 1.807) is 0 Å². The zero-order valence-electron chi connectivity index (χ0n) is 12.4. The van der Waals surface area contributed by atoms with Crippen molar-refractivity contribution in [1.82, 2.24) is 9.03 Å². The van der Waals surface area contributed by atoms with Gasteiger partial charge in [-0.2, -0.15) is 17.4 Å². The van der Waals surface area contributed by atoms with E-state index in [9.17, 15) is 8.42 Å². The number of nitrogens with two attached hydrogens (primary N) is 1. The third kappa shape index (κ3) is 4.84. The van der Waals surface area contributed by atoms with E-state index in [0.29, 0.717) is 13.1 Å². The van der Waals surface area contributed by atoms with Gasteiger partial charge in [-0.25, -0.2) is 0 Å².